The normalized spacial score (nSPS) is 14.3. The number of hydrogen-bond acceptors (Lipinski definition) is 8. The van der Waals surface area contributed by atoms with Crippen molar-refractivity contribution >= 4 is 16.9 Å². The highest BCUT2D eigenvalue weighted by molar-refractivity contribution is 5.91. The summed E-state index contributed by atoms with van der Waals surface area (Å²) in [5.74, 6) is 0.487. The van der Waals surface area contributed by atoms with Crippen molar-refractivity contribution in [1.82, 2.24) is 35.5 Å². The third-order valence-corrected chi connectivity index (χ3v) is 6.19. The molecule has 11 heteroatoms. The maximum Gasteiger partial charge on any atom is 0.273 e. The van der Waals surface area contributed by atoms with Gasteiger partial charge in [-0.1, -0.05) is 6.07 Å². The fraction of sp³-hybridized carbons (Fsp3) is 0.385. The Labute approximate surface area is 213 Å². The molecule has 0 radical (unpaired) electrons. The average Bonchev–Trinajstić information content (AvgIpc) is 3.55. The van der Waals surface area contributed by atoms with Gasteiger partial charge >= 0.3 is 0 Å². The smallest absolute Gasteiger partial charge is 0.273 e. The number of carbonyl (C=O) groups is 1. The van der Waals surface area contributed by atoms with E-state index in [1.807, 2.05) is 0 Å². The minimum atomic E-state index is -0.467. The molecule has 1 aliphatic rings. The van der Waals surface area contributed by atoms with Crippen LogP contribution in [0.3, 0.4) is 0 Å². The molecule has 1 aromatic carbocycles. The summed E-state index contributed by atoms with van der Waals surface area (Å²) in [7, 11) is 0. The zero-order valence-corrected chi connectivity index (χ0v) is 20.5. The fourth-order valence-corrected chi connectivity index (χ4v) is 4.20. The predicted molar refractivity (Wildman–Crippen MR) is 134 cm³/mol. The monoisotopic (exact) mass is 507 g/mol. The fourth-order valence-electron chi connectivity index (χ4n) is 4.20. The molecule has 0 unspecified atom stereocenters. The van der Waals surface area contributed by atoms with Crippen molar-refractivity contribution in [3.05, 3.63) is 77.3 Å². The molecule has 37 heavy (non-hydrogen) atoms. The molecule has 0 saturated carbocycles. The lowest BCUT2D eigenvalue weighted by Gasteiger charge is -2.26. The molecule has 0 atom stereocenters. The molecule has 3 aromatic heterocycles. The number of nitrogens with one attached hydrogen (secondary N) is 3. The molecule has 5 rings (SSSR count). The maximum absolute atomic E-state index is 13.6. The van der Waals surface area contributed by atoms with Crippen molar-refractivity contribution in [2.24, 2.45) is 0 Å². The van der Waals surface area contributed by atoms with Crippen LogP contribution >= 0.6 is 0 Å². The Morgan fingerprint density at radius 3 is 2.86 bits per heavy atom. The lowest BCUT2D eigenvalue weighted by molar-refractivity contribution is 0.0342. The van der Waals surface area contributed by atoms with Crippen LogP contribution < -0.4 is 10.6 Å². The number of fused-ring (bicyclic) bond motifs is 1. The number of nitrogens with zero attached hydrogens (tertiary/aromatic N) is 4. The highest BCUT2D eigenvalue weighted by atomic mass is 19.1. The van der Waals surface area contributed by atoms with Crippen molar-refractivity contribution in [1.29, 1.82) is 0 Å². The number of halogens is 1. The Bertz CT molecular complexity index is 1330. The molecular weight excluding hydrogens is 477 g/mol. The Hall–Kier alpha value is -3.67. The van der Waals surface area contributed by atoms with E-state index in [1.165, 1.54) is 30.2 Å². The van der Waals surface area contributed by atoms with E-state index >= 15 is 0 Å². The second-order valence-electron chi connectivity index (χ2n) is 8.91. The first kappa shape index (κ1) is 25.0. The molecule has 3 N–H and O–H groups in total. The zero-order chi connectivity index (χ0) is 25.5. The summed E-state index contributed by atoms with van der Waals surface area (Å²) in [6.07, 6.45) is 4.08. The van der Waals surface area contributed by atoms with Gasteiger partial charge in [0.25, 0.3) is 5.91 Å². The average molecular weight is 508 g/mol. The first-order chi connectivity index (χ1) is 18.1. The summed E-state index contributed by atoms with van der Waals surface area (Å²) < 4.78 is 24.5. The number of hydrogen-bond donors (Lipinski definition) is 3. The highest BCUT2D eigenvalue weighted by Crippen LogP contribution is 2.16. The largest absolute Gasteiger partial charge is 0.448 e. The molecule has 4 heterocycles. The van der Waals surface area contributed by atoms with Crippen LogP contribution in [-0.4, -0.2) is 70.1 Å². The SMILES string of the molecule is O=C(NCc1ncccc1F)c1coc(CCNCCc2nc3ccc(CN4CCOCC4)cc3[nH]2)n1. The van der Waals surface area contributed by atoms with E-state index in [0.717, 1.165) is 62.7 Å². The summed E-state index contributed by atoms with van der Waals surface area (Å²) in [5, 5.41) is 5.96. The van der Waals surface area contributed by atoms with Crippen molar-refractivity contribution < 1.29 is 18.3 Å². The number of amides is 1. The number of H-pyrrole nitrogens is 1. The van der Waals surface area contributed by atoms with Gasteiger partial charge in [0.1, 0.15) is 17.9 Å². The molecule has 10 nitrogen and oxygen atoms in total. The lowest BCUT2D eigenvalue weighted by atomic mass is 10.2. The van der Waals surface area contributed by atoms with E-state index in [0.29, 0.717) is 18.9 Å². The number of aromatic amines is 1. The van der Waals surface area contributed by atoms with Crippen molar-refractivity contribution in [2.45, 2.75) is 25.9 Å². The van der Waals surface area contributed by atoms with E-state index in [4.69, 9.17) is 14.1 Å². The van der Waals surface area contributed by atoms with Crippen molar-refractivity contribution in [3.8, 4) is 0 Å². The van der Waals surface area contributed by atoms with Crippen molar-refractivity contribution in [2.75, 3.05) is 39.4 Å². The number of morpholine rings is 1. The Morgan fingerprint density at radius 2 is 2.00 bits per heavy atom. The van der Waals surface area contributed by atoms with Gasteiger partial charge in [-0.2, -0.15) is 0 Å². The number of aromatic nitrogens is 4. The zero-order valence-electron chi connectivity index (χ0n) is 20.5. The molecule has 1 amide bonds. The summed E-state index contributed by atoms with van der Waals surface area (Å²) in [4.78, 5) is 30.9. The maximum atomic E-state index is 13.6. The number of carbonyl (C=O) groups excluding carboxylic acids is 1. The minimum Gasteiger partial charge on any atom is -0.448 e. The predicted octanol–water partition coefficient (Wildman–Crippen LogP) is 2.22. The molecule has 1 aliphatic heterocycles. The summed E-state index contributed by atoms with van der Waals surface area (Å²) >= 11 is 0. The van der Waals surface area contributed by atoms with Gasteiger partial charge in [-0.25, -0.2) is 14.4 Å². The molecule has 0 spiro atoms. The molecule has 0 bridgehead atoms. The van der Waals surface area contributed by atoms with Crippen LogP contribution in [0, 0.1) is 5.82 Å². The van der Waals surface area contributed by atoms with Gasteiger partial charge in [0.15, 0.2) is 11.6 Å². The molecular formula is C26H30FN7O3. The summed E-state index contributed by atoms with van der Waals surface area (Å²) in [6.45, 7) is 5.80. The molecule has 1 saturated heterocycles. The van der Waals surface area contributed by atoms with Crippen LogP contribution in [0.1, 0.15) is 33.5 Å². The number of imidazole rings is 1. The van der Waals surface area contributed by atoms with E-state index in [9.17, 15) is 9.18 Å². The van der Waals surface area contributed by atoms with E-state index < -0.39 is 11.7 Å². The van der Waals surface area contributed by atoms with Gasteiger partial charge in [-0.15, -0.1) is 0 Å². The first-order valence-electron chi connectivity index (χ1n) is 12.4. The topological polar surface area (TPSA) is 121 Å². The molecule has 0 aliphatic carbocycles. The molecule has 194 valence electrons. The van der Waals surface area contributed by atoms with Gasteiger partial charge in [0, 0.05) is 51.8 Å². The third kappa shape index (κ3) is 6.76. The van der Waals surface area contributed by atoms with E-state index in [2.05, 4.69) is 48.7 Å². The van der Waals surface area contributed by atoms with E-state index in [1.54, 1.807) is 0 Å². The minimum absolute atomic E-state index is 0.0216. The summed E-state index contributed by atoms with van der Waals surface area (Å²) in [6, 6.07) is 9.19. The quantitative estimate of drug-likeness (QED) is 0.264. The number of oxazole rings is 1. The van der Waals surface area contributed by atoms with E-state index in [-0.39, 0.29) is 17.9 Å². The first-order valence-corrected chi connectivity index (χ1v) is 12.4. The number of pyridine rings is 1. The van der Waals surface area contributed by atoms with Crippen LogP contribution in [0.4, 0.5) is 4.39 Å². The molecule has 1 fully saturated rings. The Balaban J connectivity index is 1.03. The molecule has 4 aromatic rings. The van der Waals surface area contributed by atoms with Crippen LogP contribution in [0.2, 0.25) is 0 Å². The van der Waals surface area contributed by atoms with Crippen molar-refractivity contribution in [3.63, 3.8) is 0 Å². The van der Waals surface area contributed by atoms with Crippen LogP contribution in [0.25, 0.3) is 11.0 Å². The van der Waals surface area contributed by atoms with Gasteiger partial charge in [-0.3, -0.25) is 14.7 Å². The Kier molecular flexibility index (Phi) is 8.14. The summed E-state index contributed by atoms with van der Waals surface area (Å²) in [5.41, 5.74) is 3.61. The lowest BCUT2D eigenvalue weighted by Crippen LogP contribution is -2.35. The number of rotatable bonds is 11. The standard InChI is InChI=1S/C26H30FN7O3/c27-19-2-1-7-29-22(19)15-30-26(35)23-17-37-25(33-23)6-9-28-8-5-24-31-20-4-3-18(14-21(20)32-24)16-34-10-12-36-13-11-34/h1-4,7,14,17,28H,5-6,8-13,15-16H2,(H,30,35)(H,31,32). The van der Waals surface area contributed by atoms with Gasteiger partial charge in [0.05, 0.1) is 36.5 Å². The van der Waals surface area contributed by atoms with Gasteiger partial charge in [-0.05, 0) is 29.8 Å². The number of ether oxygens (including phenoxy) is 1. The Morgan fingerprint density at radius 1 is 1.14 bits per heavy atom. The van der Waals surface area contributed by atoms with Crippen LogP contribution in [0.5, 0.6) is 0 Å². The second-order valence-corrected chi connectivity index (χ2v) is 8.91. The van der Waals surface area contributed by atoms with Gasteiger partial charge < -0.3 is 24.8 Å². The van der Waals surface area contributed by atoms with Gasteiger partial charge in [0.2, 0.25) is 0 Å². The van der Waals surface area contributed by atoms with Crippen LogP contribution in [-0.2, 0) is 30.7 Å². The third-order valence-electron chi connectivity index (χ3n) is 6.19. The van der Waals surface area contributed by atoms with Crippen LogP contribution in [0.15, 0.2) is 47.2 Å². The second kappa shape index (κ2) is 12.0. The highest BCUT2D eigenvalue weighted by Gasteiger charge is 2.14. The number of benzene rings is 1.